The van der Waals surface area contributed by atoms with Crippen molar-refractivity contribution >= 4 is 28.3 Å². The summed E-state index contributed by atoms with van der Waals surface area (Å²) in [5, 5.41) is 3.66. The molecule has 31 heavy (non-hydrogen) atoms. The number of carbonyl (C=O) groups is 1. The first kappa shape index (κ1) is 20.9. The van der Waals surface area contributed by atoms with Crippen molar-refractivity contribution in [1.82, 2.24) is 4.98 Å². The minimum Gasteiger partial charge on any atom is -0.490 e. The summed E-state index contributed by atoms with van der Waals surface area (Å²) in [5.74, 6) is 1.70. The molecule has 4 aromatic rings. The number of furan rings is 1. The number of hydrogen-bond donors (Lipinski definition) is 0. The van der Waals surface area contributed by atoms with E-state index in [-0.39, 0.29) is 0 Å². The van der Waals surface area contributed by atoms with Crippen molar-refractivity contribution in [3.05, 3.63) is 53.1 Å². The Morgan fingerprint density at radius 3 is 2.55 bits per heavy atom. The van der Waals surface area contributed by atoms with E-state index >= 15 is 0 Å². The first-order valence-corrected chi connectivity index (χ1v) is 10.9. The summed E-state index contributed by atoms with van der Waals surface area (Å²) < 4.78 is 22.0. The first-order chi connectivity index (χ1) is 15.0. The van der Waals surface area contributed by atoms with Crippen LogP contribution in [0.3, 0.4) is 0 Å². The van der Waals surface area contributed by atoms with Gasteiger partial charge in [-0.15, -0.1) is 11.3 Å². The number of aryl methyl sites for hydroxylation is 1. The van der Waals surface area contributed by atoms with Crippen molar-refractivity contribution in [2.24, 2.45) is 0 Å². The predicted octanol–water partition coefficient (Wildman–Crippen LogP) is 6.12. The molecule has 2 aromatic heterocycles. The molecule has 0 spiro atoms. The lowest BCUT2D eigenvalue weighted by atomic mass is 10.1. The van der Waals surface area contributed by atoms with Gasteiger partial charge in [0.15, 0.2) is 11.5 Å². The van der Waals surface area contributed by atoms with Gasteiger partial charge in [-0.3, -0.25) is 0 Å². The molecule has 6 nitrogen and oxygen atoms in total. The second kappa shape index (κ2) is 8.81. The van der Waals surface area contributed by atoms with E-state index in [1.54, 1.807) is 6.07 Å². The van der Waals surface area contributed by atoms with Crippen LogP contribution in [0.5, 0.6) is 11.5 Å². The van der Waals surface area contributed by atoms with Gasteiger partial charge in [-0.1, -0.05) is 0 Å². The highest BCUT2D eigenvalue weighted by Crippen LogP contribution is 2.37. The van der Waals surface area contributed by atoms with Gasteiger partial charge in [0, 0.05) is 21.9 Å². The minimum atomic E-state index is -0.440. The molecule has 7 heteroatoms. The number of benzene rings is 2. The highest BCUT2D eigenvalue weighted by Gasteiger charge is 2.18. The van der Waals surface area contributed by atoms with Crippen LogP contribution >= 0.6 is 11.3 Å². The summed E-state index contributed by atoms with van der Waals surface area (Å²) in [6.07, 6.45) is 0. The number of fused-ring (bicyclic) bond motifs is 1. The van der Waals surface area contributed by atoms with E-state index in [2.05, 4.69) is 0 Å². The van der Waals surface area contributed by atoms with Crippen molar-refractivity contribution in [2.75, 3.05) is 20.3 Å². The number of aromatic nitrogens is 1. The highest BCUT2D eigenvalue weighted by atomic mass is 32.1. The number of esters is 1. The second-order valence-electron chi connectivity index (χ2n) is 6.86. The van der Waals surface area contributed by atoms with Crippen molar-refractivity contribution in [1.29, 1.82) is 0 Å². The van der Waals surface area contributed by atoms with Crippen LogP contribution in [-0.2, 0) is 4.74 Å². The van der Waals surface area contributed by atoms with Crippen molar-refractivity contribution in [3.63, 3.8) is 0 Å². The molecule has 0 saturated carbocycles. The summed E-state index contributed by atoms with van der Waals surface area (Å²) in [5.41, 5.74) is 3.45. The molecular formula is C24H23NO5S. The third-order valence-corrected chi connectivity index (χ3v) is 5.63. The molecule has 0 radical (unpaired) electrons. The molecule has 4 rings (SSSR count). The highest BCUT2D eigenvalue weighted by molar-refractivity contribution is 7.13. The number of ether oxygens (including phenoxy) is 3. The molecule has 0 amide bonds. The van der Waals surface area contributed by atoms with Gasteiger partial charge in [-0.05, 0) is 57.2 Å². The van der Waals surface area contributed by atoms with Gasteiger partial charge in [-0.25, -0.2) is 9.78 Å². The van der Waals surface area contributed by atoms with E-state index in [9.17, 15) is 4.79 Å². The van der Waals surface area contributed by atoms with Crippen LogP contribution in [0.1, 0.15) is 30.0 Å². The molecule has 0 unspecified atom stereocenters. The number of rotatable bonds is 7. The van der Waals surface area contributed by atoms with Gasteiger partial charge in [-0.2, -0.15) is 0 Å². The van der Waals surface area contributed by atoms with Crippen LogP contribution in [0.25, 0.3) is 32.8 Å². The predicted molar refractivity (Wildman–Crippen MR) is 121 cm³/mol. The van der Waals surface area contributed by atoms with Gasteiger partial charge in [0.2, 0.25) is 0 Å². The van der Waals surface area contributed by atoms with E-state index in [1.807, 2.05) is 56.5 Å². The van der Waals surface area contributed by atoms with Gasteiger partial charge >= 0.3 is 5.97 Å². The molecule has 0 fully saturated rings. The zero-order chi connectivity index (χ0) is 22.0. The van der Waals surface area contributed by atoms with Gasteiger partial charge in [0.1, 0.15) is 21.9 Å². The van der Waals surface area contributed by atoms with E-state index in [0.717, 1.165) is 33.0 Å². The summed E-state index contributed by atoms with van der Waals surface area (Å²) >= 11 is 1.53. The van der Waals surface area contributed by atoms with Gasteiger partial charge in [0.25, 0.3) is 0 Å². The summed E-state index contributed by atoms with van der Waals surface area (Å²) in [7, 11) is 1.36. The normalized spacial score (nSPS) is 11.0. The maximum atomic E-state index is 12.3. The lowest BCUT2D eigenvalue weighted by Gasteiger charge is -2.11. The Bertz CT molecular complexity index is 1240. The number of methoxy groups -OCH3 is 1. The molecular weight excluding hydrogens is 414 g/mol. The molecule has 0 aliphatic heterocycles. The Labute approximate surface area is 184 Å². The maximum Gasteiger partial charge on any atom is 0.341 e. The van der Waals surface area contributed by atoms with Crippen LogP contribution in [0.2, 0.25) is 0 Å². The Hall–Kier alpha value is -3.32. The topological polar surface area (TPSA) is 70.8 Å². The van der Waals surface area contributed by atoms with Gasteiger partial charge in [0.05, 0.1) is 26.0 Å². The molecule has 0 saturated heterocycles. The second-order valence-corrected chi connectivity index (χ2v) is 7.71. The minimum absolute atomic E-state index is 0.386. The average molecular weight is 438 g/mol. The fraction of sp³-hybridized carbons (Fsp3) is 0.250. The molecule has 0 aliphatic carbocycles. The maximum absolute atomic E-state index is 12.3. The van der Waals surface area contributed by atoms with Crippen LogP contribution < -0.4 is 9.47 Å². The lowest BCUT2D eigenvalue weighted by Crippen LogP contribution is -2.02. The molecule has 2 heterocycles. The average Bonchev–Trinajstić information content (AvgIpc) is 3.40. The van der Waals surface area contributed by atoms with Gasteiger partial charge < -0.3 is 18.6 Å². The Morgan fingerprint density at radius 2 is 1.81 bits per heavy atom. The molecule has 0 atom stereocenters. The van der Waals surface area contributed by atoms with Crippen LogP contribution in [-0.4, -0.2) is 31.3 Å². The molecule has 2 aromatic carbocycles. The number of thiazole rings is 1. The molecule has 0 aliphatic rings. The van der Waals surface area contributed by atoms with Crippen LogP contribution in [0.4, 0.5) is 0 Å². The monoisotopic (exact) mass is 437 g/mol. The zero-order valence-corrected chi connectivity index (χ0v) is 18.7. The van der Waals surface area contributed by atoms with Crippen molar-refractivity contribution in [3.8, 4) is 33.3 Å². The fourth-order valence-electron chi connectivity index (χ4n) is 3.41. The summed E-state index contributed by atoms with van der Waals surface area (Å²) in [6, 6.07) is 11.5. The van der Waals surface area contributed by atoms with E-state index < -0.39 is 5.97 Å². The third kappa shape index (κ3) is 4.14. The summed E-state index contributed by atoms with van der Waals surface area (Å²) in [4.78, 5) is 17.1. The van der Waals surface area contributed by atoms with E-state index in [4.69, 9.17) is 23.6 Å². The van der Waals surface area contributed by atoms with Crippen LogP contribution in [0, 0.1) is 6.92 Å². The van der Waals surface area contributed by atoms with E-state index in [0.29, 0.717) is 35.9 Å². The quantitative estimate of drug-likeness (QED) is 0.325. The Balaban J connectivity index is 1.75. The van der Waals surface area contributed by atoms with Crippen molar-refractivity contribution in [2.45, 2.75) is 20.8 Å². The standard InChI is InChI=1S/C24H23NO5S/c1-5-28-20-8-7-15(12-21(20)29-6-2)23-25-19(13-31-23)16-10-17-9-14(3)30-22(17)18(11-16)24(26)27-4/h7-13H,5-6H2,1-4H3. The summed E-state index contributed by atoms with van der Waals surface area (Å²) in [6.45, 7) is 6.85. The SMILES string of the molecule is CCOc1ccc(-c2nc(-c3cc(C(=O)OC)c4oc(C)cc4c3)cs2)cc1OCC. The van der Waals surface area contributed by atoms with Crippen LogP contribution in [0.15, 0.2) is 46.2 Å². The number of carbonyl (C=O) groups excluding carboxylic acids is 1. The number of hydrogen-bond acceptors (Lipinski definition) is 7. The Kier molecular flexibility index (Phi) is 5.95. The zero-order valence-electron chi connectivity index (χ0n) is 17.9. The van der Waals surface area contributed by atoms with Crippen molar-refractivity contribution < 1.29 is 23.4 Å². The number of nitrogens with zero attached hydrogens (tertiary/aromatic N) is 1. The third-order valence-electron chi connectivity index (χ3n) is 4.74. The van der Waals surface area contributed by atoms with E-state index in [1.165, 1.54) is 18.4 Å². The lowest BCUT2D eigenvalue weighted by molar-refractivity contribution is 0.0601. The fourth-order valence-corrected chi connectivity index (χ4v) is 4.24. The largest absolute Gasteiger partial charge is 0.490 e. The molecule has 0 N–H and O–H groups in total. The molecule has 0 bridgehead atoms. The Morgan fingerprint density at radius 1 is 1.03 bits per heavy atom. The molecule has 160 valence electrons. The smallest absolute Gasteiger partial charge is 0.341 e. The first-order valence-electron chi connectivity index (χ1n) is 10.0.